The van der Waals surface area contributed by atoms with E-state index in [1.54, 1.807) is 0 Å². The van der Waals surface area contributed by atoms with Crippen LogP contribution in [0.25, 0.3) is 0 Å². The molecule has 0 aromatic rings. The van der Waals surface area contributed by atoms with Gasteiger partial charge in [0.05, 0.1) is 19.3 Å². The molecule has 2 aliphatic rings. The molecule has 0 aromatic heterocycles. The molecule has 0 bridgehead atoms. The SMILES string of the molecule is CCNC(=NCC(C)CN1CCOCC1)N1CC[C@@H](O)C1. The zero-order valence-electron chi connectivity index (χ0n) is 13.4. The minimum absolute atomic E-state index is 0.209. The molecule has 122 valence electrons. The van der Waals surface area contributed by atoms with Crippen molar-refractivity contribution in [2.75, 3.05) is 59.0 Å². The number of ether oxygens (including phenoxy) is 1. The third-order valence-electron chi connectivity index (χ3n) is 4.02. The van der Waals surface area contributed by atoms with Gasteiger partial charge in [0.1, 0.15) is 0 Å². The van der Waals surface area contributed by atoms with Crippen molar-refractivity contribution in [1.82, 2.24) is 15.1 Å². The molecule has 21 heavy (non-hydrogen) atoms. The van der Waals surface area contributed by atoms with E-state index >= 15 is 0 Å². The minimum atomic E-state index is -0.209. The molecule has 0 radical (unpaired) electrons. The van der Waals surface area contributed by atoms with Crippen molar-refractivity contribution in [2.45, 2.75) is 26.4 Å². The lowest BCUT2D eigenvalue weighted by molar-refractivity contribution is 0.0323. The normalized spacial score (nSPS) is 26.1. The van der Waals surface area contributed by atoms with Crippen molar-refractivity contribution >= 4 is 5.96 Å². The monoisotopic (exact) mass is 298 g/mol. The van der Waals surface area contributed by atoms with Gasteiger partial charge in [-0.1, -0.05) is 6.92 Å². The number of hydrogen-bond acceptors (Lipinski definition) is 4. The number of rotatable bonds is 5. The number of aliphatic imine (C=N–C) groups is 1. The summed E-state index contributed by atoms with van der Waals surface area (Å²) < 4.78 is 5.38. The van der Waals surface area contributed by atoms with Gasteiger partial charge in [-0.05, 0) is 19.3 Å². The average molecular weight is 298 g/mol. The largest absolute Gasteiger partial charge is 0.391 e. The Labute approximate surface area is 128 Å². The van der Waals surface area contributed by atoms with E-state index in [1.165, 1.54) is 0 Å². The number of aliphatic hydroxyl groups excluding tert-OH is 1. The second-order valence-corrected chi connectivity index (χ2v) is 6.10. The fraction of sp³-hybridized carbons (Fsp3) is 0.933. The van der Waals surface area contributed by atoms with Crippen LogP contribution in [0.15, 0.2) is 4.99 Å². The van der Waals surface area contributed by atoms with E-state index in [-0.39, 0.29) is 6.10 Å². The van der Waals surface area contributed by atoms with E-state index < -0.39 is 0 Å². The summed E-state index contributed by atoms with van der Waals surface area (Å²) in [5.74, 6) is 1.48. The molecule has 2 saturated heterocycles. The van der Waals surface area contributed by atoms with E-state index in [0.29, 0.717) is 12.5 Å². The van der Waals surface area contributed by atoms with Crippen molar-refractivity contribution in [3.8, 4) is 0 Å². The maximum absolute atomic E-state index is 9.67. The smallest absolute Gasteiger partial charge is 0.194 e. The molecule has 6 nitrogen and oxygen atoms in total. The fourth-order valence-corrected chi connectivity index (χ4v) is 2.88. The average Bonchev–Trinajstić information content (AvgIpc) is 2.91. The molecule has 2 fully saturated rings. The Morgan fingerprint density at radius 3 is 2.76 bits per heavy atom. The number of morpholine rings is 1. The van der Waals surface area contributed by atoms with Gasteiger partial charge in [0.15, 0.2) is 5.96 Å². The summed E-state index contributed by atoms with van der Waals surface area (Å²) in [6, 6.07) is 0. The summed E-state index contributed by atoms with van der Waals surface area (Å²) in [6.45, 7) is 12.5. The summed E-state index contributed by atoms with van der Waals surface area (Å²) in [7, 11) is 0. The van der Waals surface area contributed by atoms with Crippen molar-refractivity contribution in [2.24, 2.45) is 10.9 Å². The maximum atomic E-state index is 9.67. The summed E-state index contributed by atoms with van der Waals surface area (Å²) in [5.41, 5.74) is 0. The lowest BCUT2D eigenvalue weighted by Gasteiger charge is -2.29. The molecule has 0 spiro atoms. The molecule has 2 aliphatic heterocycles. The molecule has 2 heterocycles. The van der Waals surface area contributed by atoms with Gasteiger partial charge in [-0.3, -0.25) is 9.89 Å². The lowest BCUT2D eigenvalue weighted by atomic mass is 10.1. The van der Waals surface area contributed by atoms with Gasteiger partial charge in [0.2, 0.25) is 0 Å². The molecular weight excluding hydrogens is 268 g/mol. The third-order valence-corrected chi connectivity index (χ3v) is 4.02. The number of hydrogen-bond donors (Lipinski definition) is 2. The Kier molecular flexibility index (Phi) is 6.73. The molecule has 2 rings (SSSR count). The first-order valence-electron chi connectivity index (χ1n) is 8.20. The van der Waals surface area contributed by atoms with Crippen molar-refractivity contribution in [3.63, 3.8) is 0 Å². The number of nitrogens with zero attached hydrogens (tertiary/aromatic N) is 3. The Bertz CT molecular complexity index is 332. The summed E-state index contributed by atoms with van der Waals surface area (Å²) >= 11 is 0. The summed E-state index contributed by atoms with van der Waals surface area (Å²) in [4.78, 5) is 9.37. The van der Waals surface area contributed by atoms with Crippen LogP contribution in [-0.2, 0) is 4.74 Å². The van der Waals surface area contributed by atoms with Crippen molar-refractivity contribution in [3.05, 3.63) is 0 Å². The van der Waals surface area contributed by atoms with Crippen LogP contribution in [0.5, 0.6) is 0 Å². The Morgan fingerprint density at radius 1 is 1.38 bits per heavy atom. The van der Waals surface area contributed by atoms with Crippen LogP contribution < -0.4 is 5.32 Å². The molecule has 1 unspecified atom stereocenters. The Morgan fingerprint density at radius 2 is 2.14 bits per heavy atom. The second kappa shape index (κ2) is 8.56. The highest BCUT2D eigenvalue weighted by molar-refractivity contribution is 5.80. The van der Waals surface area contributed by atoms with Gasteiger partial charge in [-0.25, -0.2) is 0 Å². The standard InChI is InChI=1S/C15H30N4O2/c1-3-16-15(19-5-4-14(20)12-19)17-10-13(2)11-18-6-8-21-9-7-18/h13-14,20H,3-12H2,1-2H3,(H,16,17)/t13?,14-/m1/s1. The van der Waals surface area contributed by atoms with Crippen molar-refractivity contribution in [1.29, 1.82) is 0 Å². The number of guanidine groups is 1. The van der Waals surface area contributed by atoms with Crippen molar-refractivity contribution < 1.29 is 9.84 Å². The zero-order valence-corrected chi connectivity index (χ0v) is 13.4. The van der Waals surface area contributed by atoms with E-state index in [4.69, 9.17) is 9.73 Å². The molecule has 0 aromatic carbocycles. The molecular formula is C15H30N4O2. The van der Waals surface area contributed by atoms with Crippen LogP contribution in [0.3, 0.4) is 0 Å². The van der Waals surface area contributed by atoms with Gasteiger partial charge >= 0.3 is 0 Å². The van der Waals surface area contributed by atoms with E-state index in [1.807, 2.05) is 0 Å². The first-order chi connectivity index (χ1) is 10.2. The first kappa shape index (κ1) is 16.5. The lowest BCUT2D eigenvalue weighted by Crippen LogP contribution is -2.41. The highest BCUT2D eigenvalue weighted by Crippen LogP contribution is 2.10. The fourth-order valence-electron chi connectivity index (χ4n) is 2.88. The van der Waals surface area contributed by atoms with E-state index in [0.717, 1.165) is 64.9 Å². The molecule has 6 heteroatoms. The van der Waals surface area contributed by atoms with Crippen LogP contribution >= 0.6 is 0 Å². The van der Waals surface area contributed by atoms with Crippen LogP contribution in [-0.4, -0.2) is 86.0 Å². The van der Waals surface area contributed by atoms with Crippen LogP contribution in [0.1, 0.15) is 20.3 Å². The molecule has 2 N–H and O–H groups in total. The predicted molar refractivity (Wildman–Crippen MR) is 84.6 cm³/mol. The first-order valence-corrected chi connectivity index (χ1v) is 8.20. The molecule has 0 amide bonds. The highest BCUT2D eigenvalue weighted by Gasteiger charge is 2.23. The predicted octanol–water partition coefficient (Wildman–Crippen LogP) is -0.0132. The van der Waals surface area contributed by atoms with Gasteiger partial charge in [0.25, 0.3) is 0 Å². The number of aliphatic hydroxyl groups is 1. The molecule has 2 atom stereocenters. The molecule has 0 aliphatic carbocycles. The highest BCUT2D eigenvalue weighted by atomic mass is 16.5. The summed E-state index contributed by atoms with van der Waals surface area (Å²) in [6.07, 6.45) is 0.632. The van der Waals surface area contributed by atoms with E-state index in [2.05, 4.69) is 29.0 Å². The Balaban J connectivity index is 1.80. The zero-order chi connectivity index (χ0) is 15.1. The molecule has 0 saturated carbocycles. The summed E-state index contributed by atoms with van der Waals surface area (Å²) in [5, 5.41) is 13.0. The third kappa shape index (κ3) is 5.45. The van der Waals surface area contributed by atoms with Crippen LogP contribution in [0.2, 0.25) is 0 Å². The number of nitrogens with one attached hydrogen (secondary N) is 1. The quantitative estimate of drug-likeness (QED) is 0.552. The van der Waals surface area contributed by atoms with E-state index in [9.17, 15) is 5.11 Å². The second-order valence-electron chi connectivity index (χ2n) is 6.10. The number of likely N-dealkylation sites (tertiary alicyclic amines) is 1. The van der Waals surface area contributed by atoms with Crippen LogP contribution in [0.4, 0.5) is 0 Å². The van der Waals surface area contributed by atoms with Gasteiger partial charge in [-0.2, -0.15) is 0 Å². The number of β-amino-alcohol motifs (C(OH)–C–C–N with tert-alkyl or cyclic N) is 1. The maximum Gasteiger partial charge on any atom is 0.194 e. The van der Waals surface area contributed by atoms with Gasteiger partial charge < -0.3 is 20.1 Å². The van der Waals surface area contributed by atoms with Gasteiger partial charge in [0, 0.05) is 45.8 Å². The topological polar surface area (TPSA) is 60.3 Å². The minimum Gasteiger partial charge on any atom is -0.391 e. The van der Waals surface area contributed by atoms with Gasteiger partial charge in [-0.15, -0.1) is 0 Å². The Hall–Kier alpha value is -0.850. The van der Waals surface area contributed by atoms with Crippen LogP contribution in [0, 0.1) is 5.92 Å².